The molecule has 1 aliphatic rings. The van der Waals surface area contributed by atoms with Crippen LogP contribution < -0.4 is 0 Å². The van der Waals surface area contributed by atoms with E-state index in [-0.39, 0.29) is 17.9 Å². The van der Waals surface area contributed by atoms with Gasteiger partial charge in [-0.15, -0.1) is 0 Å². The van der Waals surface area contributed by atoms with Crippen LogP contribution in [0.2, 0.25) is 0 Å². The van der Waals surface area contributed by atoms with E-state index in [4.69, 9.17) is 0 Å². The number of imidazole rings is 1. The van der Waals surface area contributed by atoms with Gasteiger partial charge in [-0.25, -0.2) is 9.78 Å². The molecule has 8 heteroatoms. The summed E-state index contributed by atoms with van der Waals surface area (Å²) in [5, 5.41) is 9.33. The number of amides is 2. The third-order valence-electron chi connectivity index (χ3n) is 4.92. The van der Waals surface area contributed by atoms with Gasteiger partial charge in [-0.1, -0.05) is 13.8 Å². The van der Waals surface area contributed by atoms with Crippen molar-refractivity contribution in [1.82, 2.24) is 19.8 Å². The SMILES string of the molecule is CC(C)[C@@H](C(=O)N1CCC[C@H]1c1nc2cc(I)ccc2[nH]1)N(C)C(=O)O. The maximum Gasteiger partial charge on any atom is 0.407 e. The van der Waals surface area contributed by atoms with Crippen molar-refractivity contribution in [3.8, 4) is 0 Å². The third-order valence-corrected chi connectivity index (χ3v) is 5.59. The van der Waals surface area contributed by atoms with Crippen molar-refractivity contribution in [1.29, 1.82) is 0 Å². The summed E-state index contributed by atoms with van der Waals surface area (Å²) in [7, 11) is 1.46. The van der Waals surface area contributed by atoms with E-state index in [1.54, 1.807) is 4.90 Å². The van der Waals surface area contributed by atoms with E-state index in [2.05, 4.69) is 32.6 Å². The number of carboxylic acid groups (broad SMARTS) is 1. The van der Waals surface area contributed by atoms with E-state index in [9.17, 15) is 14.7 Å². The second-order valence-electron chi connectivity index (χ2n) is 7.06. The van der Waals surface area contributed by atoms with Crippen LogP contribution in [0.25, 0.3) is 11.0 Å². The molecule has 1 aliphatic heterocycles. The molecule has 2 atom stereocenters. The van der Waals surface area contributed by atoms with Crippen molar-refractivity contribution < 1.29 is 14.7 Å². The molecule has 2 amide bonds. The minimum absolute atomic E-state index is 0.109. The highest BCUT2D eigenvalue weighted by Gasteiger charge is 2.39. The zero-order chi connectivity index (χ0) is 19.0. The maximum absolute atomic E-state index is 13.2. The van der Waals surface area contributed by atoms with Gasteiger partial charge in [-0.05, 0) is 59.5 Å². The molecule has 2 N–H and O–H groups in total. The first kappa shape index (κ1) is 18.9. The Kier molecular flexibility index (Phi) is 5.40. The summed E-state index contributed by atoms with van der Waals surface area (Å²) in [6.45, 7) is 4.36. The van der Waals surface area contributed by atoms with Crippen LogP contribution in [0.5, 0.6) is 0 Å². The van der Waals surface area contributed by atoms with Crippen LogP contribution >= 0.6 is 22.6 Å². The number of H-pyrrole nitrogens is 1. The Morgan fingerprint density at radius 3 is 2.81 bits per heavy atom. The van der Waals surface area contributed by atoms with Crippen molar-refractivity contribution in [3.63, 3.8) is 0 Å². The number of nitrogens with one attached hydrogen (secondary N) is 1. The van der Waals surface area contributed by atoms with Gasteiger partial charge in [-0.2, -0.15) is 0 Å². The quantitative estimate of drug-likeness (QED) is 0.670. The fourth-order valence-electron chi connectivity index (χ4n) is 3.66. The molecule has 0 aliphatic carbocycles. The molecule has 0 radical (unpaired) electrons. The summed E-state index contributed by atoms with van der Waals surface area (Å²) in [5.74, 6) is 0.512. The Labute approximate surface area is 165 Å². The molecule has 3 rings (SSSR count). The van der Waals surface area contributed by atoms with Gasteiger partial charge >= 0.3 is 6.09 Å². The Morgan fingerprint density at radius 2 is 2.15 bits per heavy atom. The Hall–Kier alpha value is -1.84. The molecule has 7 nitrogen and oxygen atoms in total. The largest absolute Gasteiger partial charge is 0.465 e. The van der Waals surface area contributed by atoms with Crippen molar-refractivity contribution in [2.24, 2.45) is 5.92 Å². The Balaban J connectivity index is 1.90. The van der Waals surface area contributed by atoms with Gasteiger partial charge in [0.1, 0.15) is 11.9 Å². The lowest BCUT2D eigenvalue weighted by Gasteiger charge is -2.33. The summed E-state index contributed by atoms with van der Waals surface area (Å²) in [4.78, 5) is 35.5. The number of halogens is 1. The van der Waals surface area contributed by atoms with Gasteiger partial charge in [0.25, 0.3) is 0 Å². The number of carbonyl (C=O) groups excluding carboxylic acids is 1. The number of aromatic amines is 1. The van der Waals surface area contributed by atoms with Gasteiger partial charge < -0.3 is 15.0 Å². The summed E-state index contributed by atoms with van der Waals surface area (Å²) in [6, 6.07) is 5.17. The number of aromatic nitrogens is 2. The molecule has 0 bridgehead atoms. The first-order chi connectivity index (χ1) is 12.3. The van der Waals surface area contributed by atoms with E-state index in [0.29, 0.717) is 6.54 Å². The van der Waals surface area contributed by atoms with E-state index >= 15 is 0 Å². The number of carbonyl (C=O) groups is 2. The second-order valence-corrected chi connectivity index (χ2v) is 8.30. The lowest BCUT2D eigenvalue weighted by Crippen LogP contribution is -2.51. The van der Waals surface area contributed by atoms with Gasteiger partial charge in [0.2, 0.25) is 5.91 Å². The van der Waals surface area contributed by atoms with Crippen LogP contribution in [0.1, 0.15) is 38.6 Å². The van der Waals surface area contributed by atoms with Crippen LogP contribution in [0.15, 0.2) is 18.2 Å². The molecular formula is C18H23IN4O3. The molecule has 1 saturated heterocycles. The maximum atomic E-state index is 13.2. The van der Waals surface area contributed by atoms with E-state index in [1.165, 1.54) is 7.05 Å². The molecule has 0 unspecified atom stereocenters. The molecule has 140 valence electrons. The Bertz CT molecular complexity index is 835. The second kappa shape index (κ2) is 7.42. The number of hydrogen-bond donors (Lipinski definition) is 2. The smallest absolute Gasteiger partial charge is 0.407 e. The highest BCUT2D eigenvalue weighted by Crippen LogP contribution is 2.33. The van der Waals surface area contributed by atoms with Crippen LogP contribution in [0, 0.1) is 9.49 Å². The van der Waals surface area contributed by atoms with E-state index in [1.807, 2.05) is 32.0 Å². The van der Waals surface area contributed by atoms with Crippen LogP contribution in [0.3, 0.4) is 0 Å². The summed E-state index contributed by atoms with van der Waals surface area (Å²) < 4.78 is 1.11. The number of rotatable bonds is 4. The lowest BCUT2D eigenvalue weighted by molar-refractivity contribution is -0.138. The number of benzene rings is 1. The molecule has 26 heavy (non-hydrogen) atoms. The standard InChI is InChI=1S/C18H23IN4O3/c1-10(2)15(22(3)18(25)26)17(24)23-8-4-5-14(23)16-20-12-7-6-11(19)9-13(12)21-16/h6-7,9-10,14-15H,4-5,8H2,1-3H3,(H,20,21)(H,25,26)/t14-,15-/m0/s1. The molecule has 2 aromatic rings. The van der Waals surface area contributed by atoms with Gasteiger partial charge in [0.15, 0.2) is 0 Å². The summed E-state index contributed by atoms with van der Waals surface area (Å²) in [6.07, 6.45) is 0.614. The molecule has 0 saturated carbocycles. The normalized spacial score (nSPS) is 18.5. The molecule has 0 spiro atoms. The van der Waals surface area contributed by atoms with Crippen LogP contribution in [0.4, 0.5) is 4.79 Å². The molecular weight excluding hydrogens is 447 g/mol. The van der Waals surface area contributed by atoms with Gasteiger partial charge in [-0.3, -0.25) is 9.69 Å². The number of nitrogens with zero attached hydrogens (tertiary/aromatic N) is 3. The predicted octanol–water partition coefficient (Wildman–Crippen LogP) is 3.47. The number of hydrogen-bond acceptors (Lipinski definition) is 3. The molecule has 1 fully saturated rings. The number of fused-ring (bicyclic) bond motifs is 1. The van der Waals surface area contributed by atoms with Crippen molar-refractivity contribution in [2.45, 2.75) is 38.8 Å². The Morgan fingerprint density at radius 1 is 1.42 bits per heavy atom. The van der Waals surface area contributed by atoms with Crippen molar-refractivity contribution in [3.05, 3.63) is 27.6 Å². The summed E-state index contributed by atoms with van der Waals surface area (Å²) in [5.41, 5.74) is 1.83. The predicted molar refractivity (Wildman–Crippen MR) is 107 cm³/mol. The fourth-order valence-corrected chi connectivity index (χ4v) is 4.13. The fraction of sp³-hybridized carbons (Fsp3) is 0.500. The summed E-state index contributed by atoms with van der Waals surface area (Å²) >= 11 is 2.25. The molecule has 2 heterocycles. The minimum atomic E-state index is -1.09. The van der Waals surface area contributed by atoms with Crippen molar-refractivity contribution >= 4 is 45.6 Å². The van der Waals surface area contributed by atoms with Crippen LogP contribution in [-0.4, -0.2) is 56.5 Å². The van der Waals surface area contributed by atoms with Gasteiger partial charge in [0, 0.05) is 17.2 Å². The minimum Gasteiger partial charge on any atom is -0.465 e. The first-order valence-corrected chi connectivity index (χ1v) is 9.79. The molecule has 1 aromatic carbocycles. The zero-order valence-electron chi connectivity index (χ0n) is 15.1. The number of likely N-dealkylation sites (N-methyl/N-ethyl adjacent to an activating group) is 1. The van der Waals surface area contributed by atoms with Gasteiger partial charge in [0.05, 0.1) is 17.1 Å². The lowest BCUT2D eigenvalue weighted by atomic mass is 10.0. The average Bonchev–Trinajstić information content (AvgIpc) is 3.19. The monoisotopic (exact) mass is 470 g/mol. The van der Waals surface area contributed by atoms with E-state index < -0.39 is 12.1 Å². The number of likely N-dealkylation sites (tertiary alicyclic amines) is 1. The first-order valence-electron chi connectivity index (χ1n) is 8.71. The average molecular weight is 470 g/mol. The third kappa shape index (κ3) is 3.51. The zero-order valence-corrected chi connectivity index (χ0v) is 17.2. The topological polar surface area (TPSA) is 89.5 Å². The highest BCUT2D eigenvalue weighted by atomic mass is 127. The molecule has 1 aromatic heterocycles. The highest BCUT2D eigenvalue weighted by molar-refractivity contribution is 14.1. The van der Waals surface area contributed by atoms with Crippen LogP contribution in [-0.2, 0) is 4.79 Å². The van der Waals surface area contributed by atoms with E-state index in [0.717, 1.165) is 38.2 Å². The van der Waals surface area contributed by atoms with Crippen molar-refractivity contribution in [2.75, 3.05) is 13.6 Å².